The van der Waals surface area contributed by atoms with E-state index in [4.69, 9.17) is 23.5 Å². The number of unbranched alkanes of at least 4 members (excludes halogenated alkanes) is 24. The van der Waals surface area contributed by atoms with Gasteiger partial charge in [-0.1, -0.05) is 179 Å². The summed E-state index contributed by atoms with van der Waals surface area (Å²) in [7, 11) is -5.06. The molecule has 1 fully saturated rings. The Morgan fingerprint density at radius 3 is 1.66 bits per heavy atom. The normalized spacial score (nSPS) is 20.5. The van der Waals surface area contributed by atoms with Gasteiger partial charge in [0.1, 0.15) is 30.5 Å². The molecule has 0 aromatic heterocycles. The van der Waals surface area contributed by atoms with Crippen molar-refractivity contribution in [1.29, 1.82) is 0 Å². The van der Waals surface area contributed by atoms with Crippen molar-refractivity contribution in [2.45, 2.75) is 237 Å². The van der Waals surface area contributed by atoms with Crippen molar-refractivity contribution in [3.63, 3.8) is 0 Å². The Balaban J connectivity index is 2.41. The first-order valence-corrected chi connectivity index (χ1v) is 25.0. The van der Waals surface area contributed by atoms with Crippen LogP contribution in [0, 0.1) is 0 Å². The lowest BCUT2D eigenvalue weighted by molar-refractivity contribution is -0.301. The first-order chi connectivity index (χ1) is 28.6. The van der Waals surface area contributed by atoms with Gasteiger partial charge in [-0.2, -0.15) is 8.42 Å². The molecule has 13 heteroatoms. The van der Waals surface area contributed by atoms with Crippen molar-refractivity contribution in [2.75, 3.05) is 26.4 Å². The van der Waals surface area contributed by atoms with Crippen molar-refractivity contribution in [1.82, 2.24) is 0 Å². The van der Waals surface area contributed by atoms with Crippen LogP contribution in [0.5, 0.6) is 0 Å². The van der Waals surface area contributed by atoms with E-state index in [-0.39, 0.29) is 19.6 Å². The van der Waals surface area contributed by atoms with Gasteiger partial charge in [0.2, 0.25) is 0 Å². The molecule has 0 saturated carbocycles. The number of aliphatic hydroxyl groups excluding tert-OH is 3. The molecule has 6 atom stereocenters. The van der Waals surface area contributed by atoms with Crippen LogP contribution in [0.2, 0.25) is 0 Å². The highest BCUT2D eigenvalue weighted by Gasteiger charge is 2.48. The summed E-state index contributed by atoms with van der Waals surface area (Å²) in [5, 5.41) is 30.7. The highest BCUT2D eigenvalue weighted by molar-refractivity contribution is 7.80. The van der Waals surface area contributed by atoms with E-state index in [1.807, 2.05) is 0 Å². The van der Waals surface area contributed by atoms with Gasteiger partial charge >= 0.3 is 16.4 Å². The standard InChI is InChI=1S/C46H86O12S/c1-3-5-7-9-11-13-15-17-19-20-21-23-25-27-29-31-33-35-42(48)56-40(39-55-46-44(50)45(58-59(51,52)53)43(49)41(37-47)57-46)38-54-36-34-32-30-28-26-24-22-18-16-14-12-10-8-6-4-2/h10,12,16,18,40-41,43-47,49-50H,3-9,11,13-15,17,19-39H2,1-2H3,(H,51,52,53)/b12-10-,18-16-. The molecule has 0 bridgehead atoms. The molecule has 348 valence electrons. The van der Waals surface area contributed by atoms with Crippen LogP contribution in [-0.2, 0) is 38.3 Å². The van der Waals surface area contributed by atoms with Crippen molar-refractivity contribution >= 4 is 16.4 Å². The maximum absolute atomic E-state index is 12.9. The molecule has 12 nitrogen and oxygen atoms in total. The zero-order valence-electron chi connectivity index (χ0n) is 37.1. The summed E-state index contributed by atoms with van der Waals surface area (Å²) in [5.74, 6) is -0.400. The molecule has 1 rings (SSSR count). The number of carbonyl (C=O) groups is 1. The van der Waals surface area contributed by atoms with Crippen LogP contribution in [0.25, 0.3) is 0 Å². The molecule has 0 radical (unpaired) electrons. The number of esters is 1. The summed E-state index contributed by atoms with van der Waals surface area (Å²) in [4.78, 5) is 12.9. The first kappa shape index (κ1) is 55.6. The van der Waals surface area contributed by atoms with Crippen LogP contribution >= 0.6 is 0 Å². The predicted octanol–water partition coefficient (Wildman–Crippen LogP) is 10.0. The first-order valence-electron chi connectivity index (χ1n) is 23.6. The van der Waals surface area contributed by atoms with E-state index in [1.165, 1.54) is 109 Å². The fraction of sp³-hybridized carbons (Fsp3) is 0.891. The van der Waals surface area contributed by atoms with Gasteiger partial charge in [0.15, 0.2) is 6.29 Å². The van der Waals surface area contributed by atoms with Crippen LogP contribution in [0.3, 0.4) is 0 Å². The maximum atomic E-state index is 12.9. The molecule has 0 aromatic rings. The van der Waals surface area contributed by atoms with Gasteiger partial charge in [0, 0.05) is 13.0 Å². The van der Waals surface area contributed by atoms with E-state index in [9.17, 15) is 28.5 Å². The van der Waals surface area contributed by atoms with E-state index in [0.29, 0.717) is 13.0 Å². The van der Waals surface area contributed by atoms with E-state index >= 15 is 0 Å². The summed E-state index contributed by atoms with van der Waals surface area (Å²) >= 11 is 0. The van der Waals surface area contributed by atoms with Crippen LogP contribution in [-0.4, -0.2) is 97.5 Å². The highest BCUT2D eigenvalue weighted by atomic mass is 32.3. The quantitative estimate of drug-likeness (QED) is 0.0198. The molecule has 1 aliphatic heterocycles. The minimum Gasteiger partial charge on any atom is -0.457 e. The number of ether oxygens (including phenoxy) is 4. The Labute approximate surface area is 359 Å². The monoisotopic (exact) mass is 863 g/mol. The largest absolute Gasteiger partial charge is 0.457 e. The Hall–Kier alpha value is -1.42. The Morgan fingerprint density at radius 1 is 0.644 bits per heavy atom. The summed E-state index contributed by atoms with van der Waals surface area (Å²) in [6.07, 6.45) is 33.5. The zero-order chi connectivity index (χ0) is 43.2. The lowest BCUT2D eigenvalue weighted by Crippen LogP contribution is -2.60. The number of allylic oxidation sites excluding steroid dienone is 4. The van der Waals surface area contributed by atoms with Crippen molar-refractivity contribution in [3.8, 4) is 0 Å². The van der Waals surface area contributed by atoms with Crippen molar-refractivity contribution in [2.24, 2.45) is 0 Å². The minimum absolute atomic E-state index is 0.0325. The second-order valence-corrected chi connectivity index (χ2v) is 17.4. The third-order valence-electron chi connectivity index (χ3n) is 10.8. The van der Waals surface area contributed by atoms with Crippen molar-refractivity contribution < 1.29 is 56.2 Å². The van der Waals surface area contributed by atoms with Gasteiger partial charge in [0.25, 0.3) is 0 Å². The van der Waals surface area contributed by atoms with Crippen LogP contribution in [0.1, 0.15) is 200 Å². The molecule has 59 heavy (non-hydrogen) atoms. The number of rotatable bonds is 41. The SMILES string of the molecule is CCCC/C=C\C/C=C\CCCCCCCCOCC(COC1OC(CO)C(O)C(OS(=O)(=O)O)C1O)OC(=O)CCCCCCCCCCCCCCCCCCC. The molecular formula is C46H86O12S. The molecule has 4 N–H and O–H groups in total. The average Bonchev–Trinajstić information content (AvgIpc) is 3.20. The highest BCUT2D eigenvalue weighted by Crippen LogP contribution is 2.26. The molecule has 0 aromatic carbocycles. The Morgan fingerprint density at radius 2 is 1.14 bits per heavy atom. The van der Waals surface area contributed by atoms with Gasteiger partial charge in [-0.15, -0.1) is 0 Å². The van der Waals surface area contributed by atoms with E-state index in [2.05, 4.69) is 42.3 Å². The topological polar surface area (TPSA) is 178 Å². The molecule has 0 spiro atoms. The van der Waals surface area contributed by atoms with Crippen LogP contribution in [0.4, 0.5) is 0 Å². The fourth-order valence-electron chi connectivity index (χ4n) is 7.22. The van der Waals surface area contributed by atoms with E-state index < -0.39 is 59.8 Å². The van der Waals surface area contributed by atoms with Gasteiger partial charge in [-0.25, -0.2) is 4.18 Å². The number of carbonyl (C=O) groups excluding carboxylic acids is 1. The lowest BCUT2D eigenvalue weighted by Gasteiger charge is -2.41. The minimum atomic E-state index is -5.06. The van der Waals surface area contributed by atoms with Crippen molar-refractivity contribution in [3.05, 3.63) is 24.3 Å². The molecule has 6 unspecified atom stereocenters. The number of aliphatic hydroxyl groups is 3. The number of hydrogen-bond acceptors (Lipinski definition) is 11. The van der Waals surface area contributed by atoms with Crippen LogP contribution in [0.15, 0.2) is 24.3 Å². The fourth-order valence-corrected chi connectivity index (χ4v) is 7.73. The average molecular weight is 863 g/mol. The smallest absolute Gasteiger partial charge is 0.397 e. The summed E-state index contributed by atoms with van der Waals surface area (Å²) in [6.45, 7) is 3.95. The number of hydrogen-bond donors (Lipinski definition) is 4. The summed E-state index contributed by atoms with van der Waals surface area (Å²) in [6, 6.07) is 0. The van der Waals surface area contributed by atoms with Crippen LogP contribution < -0.4 is 0 Å². The molecule has 0 aliphatic carbocycles. The molecule has 1 saturated heterocycles. The second kappa shape index (κ2) is 38.3. The summed E-state index contributed by atoms with van der Waals surface area (Å²) < 4.78 is 59.1. The third kappa shape index (κ3) is 32.0. The van der Waals surface area contributed by atoms with Gasteiger partial charge in [-0.3, -0.25) is 9.35 Å². The third-order valence-corrected chi connectivity index (χ3v) is 11.3. The predicted molar refractivity (Wildman–Crippen MR) is 234 cm³/mol. The molecular weight excluding hydrogens is 777 g/mol. The molecule has 0 amide bonds. The molecule has 1 heterocycles. The lowest BCUT2D eigenvalue weighted by atomic mass is 9.99. The maximum Gasteiger partial charge on any atom is 0.397 e. The van der Waals surface area contributed by atoms with Gasteiger partial charge in [-0.05, 0) is 38.5 Å². The van der Waals surface area contributed by atoms with E-state index in [0.717, 1.165) is 64.2 Å². The Bertz CT molecular complexity index is 1130. The summed E-state index contributed by atoms with van der Waals surface area (Å²) in [5.41, 5.74) is 0. The molecule has 1 aliphatic rings. The second-order valence-electron chi connectivity index (χ2n) is 16.4. The zero-order valence-corrected chi connectivity index (χ0v) is 37.9. The Kier molecular flexibility index (Phi) is 36.1. The van der Waals surface area contributed by atoms with Gasteiger partial charge in [0.05, 0.1) is 19.8 Å². The van der Waals surface area contributed by atoms with Gasteiger partial charge < -0.3 is 34.3 Å². The van der Waals surface area contributed by atoms with E-state index in [1.54, 1.807) is 0 Å².